The Labute approximate surface area is 113 Å². The minimum absolute atomic E-state index is 0.401. The summed E-state index contributed by atoms with van der Waals surface area (Å²) in [5, 5.41) is 1.26. The second-order valence-corrected chi connectivity index (χ2v) is 4.59. The van der Waals surface area contributed by atoms with Crippen LogP contribution in [0.1, 0.15) is 10.4 Å². The van der Waals surface area contributed by atoms with Gasteiger partial charge in [0.15, 0.2) is 0 Å². The lowest BCUT2D eigenvalue weighted by Crippen LogP contribution is -1.89. The zero-order chi connectivity index (χ0) is 12.4. The lowest BCUT2D eigenvalue weighted by molar-refractivity contribution is 0.112. The van der Waals surface area contributed by atoms with E-state index in [1.165, 1.54) is 6.20 Å². The Morgan fingerprint density at radius 3 is 2.29 bits per heavy atom. The van der Waals surface area contributed by atoms with Gasteiger partial charge in [-0.05, 0) is 24.3 Å². The Hall–Kier alpha value is -1.09. The number of benzene rings is 1. The minimum Gasteiger partial charge on any atom is -0.298 e. The largest absolute Gasteiger partial charge is 0.298 e. The molecule has 0 aliphatic rings. The summed E-state index contributed by atoms with van der Waals surface area (Å²) in [6, 6.07) is 6.39. The summed E-state index contributed by atoms with van der Waals surface area (Å²) in [6.07, 6.45) is 2.27. The molecule has 2 aromatic rings. The zero-order valence-electron chi connectivity index (χ0n) is 8.45. The number of halogens is 3. The van der Waals surface area contributed by atoms with Crippen molar-refractivity contribution in [2.75, 3.05) is 0 Å². The molecule has 1 heterocycles. The van der Waals surface area contributed by atoms with Crippen molar-refractivity contribution in [3.8, 4) is 11.3 Å². The van der Waals surface area contributed by atoms with Gasteiger partial charge in [0.05, 0.1) is 15.7 Å². The van der Waals surface area contributed by atoms with Crippen molar-refractivity contribution in [3.05, 3.63) is 51.1 Å². The van der Waals surface area contributed by atoms with Crippen LogP contribution >= 0.6 is 34.8 Å². The van der Waals surface area contributed by atoms with Crippen molar-refractivity contribution >= 4 is 41.1 Å². The predicted molar refractivity (Wildman–Crippen MR) is 70.1 cm³/mol. The molecule has 0 fully saturated rings. The van der Waals surface area contributed by atoms with Crippen molar-refractivity contribution in [2.45, 2.75) is 0 Å². The van der Waals surface area contributed by atoms with Crippen molar-refractivity contribution < 1.29 is 4.79 Å². The number of hydrogen-bond donors (Lipinski definition) is 0. The molecular weight excluding hydrogens is 280 g/mol. The van der Waals surface area contributed by atoms with Crippen molar-refractivity contribution in [2.24, 2.45) is 0 Å². The first-order valence-electron chi connectivity index (χ1n) is 4.68. The summed E-state index contributed by atoms with van der Waals surface area (Å²) in [4.78, 5) is 14.8. The van der Waals surface area contributed by atoms with Gasteiger partial charge >= 0.3 is 0 Å². The standard InChI is InChI=1S/C12H6Cl3NO/c13-8-4-9(14)12(10(15)5-8)11-3-7(6-17)1-2-16-11/h1-6H. The summed E-state index contributed by atoms with van der Waals surface area (Å²) < 4.78 is 0. The summed E-state index contributed by atoms with van der Waals surface area (Å²) >= 11 is 18.0. The van der Waals surface area contributed by atoms with Gasteiger partial charge in [-0.3, -0.25) is 9.78 Å². The van der Waals surface area contributed by atoms with Gasteiger partial charge in [-0.2, -0.15) is 0 Å². The second kappa shape index (κ2) is 5.05. The fourth-order valence-electron chi connectivity index (χ4n) is 1.44. The van der Waals surface area contributed by atoms with Crippen LogP contribution in [-0.2, 0) is 0 Å². The first-order valence-corrected chi connectivity index (χ1v) is 5.81. The quantitative estimate of drug-likeness (QED) is 0.760. The van der Waals surface area contributed by atoms with Gasteiger partial charge in [0.2, 0.25) is 0 Å². The highest BCUT2D eigenvalue weighted by Crippen LogP contribution is 2.36. The average Bonchev–Trinajstić information content (AvgIpc) is 2.28. The van der Waals surface area contributed by atoms with E-state index in [1.807, 2.05) is 0 Å². The fraction of sp³-hybridized carbons (Fsp3) is 0. The maximum atomic E-state index is 10.7. The molecule has 5 heteroatoms. The highest BCUT2D eigenvalue weighted by molar-refractivity contribution is 6.41. The lowest BCUT2D eigenvalue weighted by atomic mass is 10.1. The molecule has 0 amide bonds. The van der Waals surface area contributed by atoms with Gasteiger partial charge in [-0.1, -0.05) is 34.8 Å². The normalized spacial score (nSPS) is 10.3. The van der Waals surface area contributed by atoms with Crippen LogP contribution in [-0.4, -0.2) is 11.3 Å². The SMILES string of the molecule is O=Cc1ccnc(-c2c(Cl)cc(Cl)cc2Cl)c1. The Morgan fingerprint density at radius 1 is 1.06 bits per heavy atom. The van der Waals surface area contributed by atoms with Gasteiger partial charge in [-0.25, -0.2) is 0 Å². The number of carbonyl (C=O) groups is 1. The van der Waals surface area contributed by atoms with Crippen molar-refractivity contribution in [1.29, 1.82) is 0 Å². The molecule has 2 nitrogen and oxygen atoms in total. The fourth-order valence-corrected chi connectivity index (χ4v) is 2.45. The number of rotatable bonds is 2. The maximum Gasteiger partial charge on any atom is 0.150 e. The third-order valence-electron chi connectivity index (χ3n) is 2.18. The van der Waals surface area contributed by atoms with Crippen LogP contribution in [0, 0.1) is 0 Å². The molecule has 0 N–H and O–H groups in total. The molecule has 0 aliphatic heterocycles. The molecular formula is C12H6Cl3NO. The summed E-state index contributed by atoms with van der Waals surface area (Å²) in [6.45, 7) is 0. The first kappa shape index (κ1) is 12.4. The van der Waals surface area contributed by atoms with Gasteiger partial charge in [0.1, 0.15) is 6.29 Å². The number of nitrogens with zero attached hydrogens (tertiary/aromatic N) is 1. The predicted octanol–water partition coefficient (Wildman–Crippen LogP) is 4.52. The Bertz CT molecular complexity index is 561. The van der Waals surface area contributed by atoms with E-state index in [4.69, 9.17) is 34.8 Å². The third kappa shape index (κ3) is 2.60. The highest BCUT2D eigenvalue weighted by atomic mass is 35.5. The summed E-state index contributed by atoms with van der Waals surface area (Å²) in [7, 11) is 0. The van der Waals surface area contributed by atoms with Crippen molar-refractivity contribution in [1.82, 2.24) is 4.98 Å². The highest BCUT2D eigenvalue weighted by Gasteiger charge is 2.11. The Morgan fingerprint density at radius 2 is 1.71 bits per heavy atom. The van der Waals surface area contributed by atoms with Gasteiger partial charge < -0.3 is 0 Å². The summed E-state index contributed by atoms with van der Waals surface area (Å²) in [5.41, 5.74) is 1.62. The number of pyridine rings is 1. The van der Waals surface area contributed by atoms with E-state index in [0.717, 1.165) is 6.29 Å². The van der Waals surface area contributed by atoms with Crippen molar-refractivity contribution in [3.63, 3.8) is 0 Å². The number of hydrogen-bond acceptors (Lipinski definition) is 2. The molecule has 0 unspecified atom stereocenters. The molecule has 0 bridgehead atoms. The molecule has 0 saturated heterocycles. The van der Waals surface area contributed by atoms with E-state index in [-0.39, 0.29) is 0 Å². The number of carbonyl (C=O) groups excluding carboxylic acids is 1. The molecule has 0 spiro atoms. The van der Waals surface area contributed by atoms with Crippen LogP contribution in [0.2, 0.25) is 15.1 Å². The van der Waals surface area contributed by atoms with Crippen LogP contribution in [0.25, 0.3) is 11.3 Å². The number of aromatic nitrogens is 1. The Balaban J connectivity index is 2.63. The van der Waals surface area contributed by atoms with E-state index in [9.17, 15) is 4.79 Å². The van der Waals surface area contributed by atoms with Crippen LogP contribution in [0.15, 0.2) is 30.5 Å². The monoisotopic (exact) mass is 285 g/mol. The van der Waals surface area contributed by atoms with E-state index >= 15 is 0 Å². The van der Waals surface area contributed by atoms with Gasteiger partial charge in [-0.15, -0.1) is 0 Å². The molecule has 0 radical (unpaired) electrons. The minimum atomic E-state index is 0.401. The lowest BCUT2D eigenvalue weighted by Gasteiger charge is -2.07. The average molecular weight is 287 g/mol. The second-order valence-electron chi connectivity index (χ2n) is 3.34. The molecule has 2 rings (SSSR count). The van der Waals surface area contributed by atoms with E-state index in [0.29, 0.717) is 31.9 Å². The molecule has 0 atom stereocenters. The molecule has 1 aromatic heterocycles. The molecule has 17 heavy (non-hydrogen) atoms. The van der Waals surface area contributed by atoms with Crippen LogP contribution in [0.4, 0.5) is 0 Å². The third-order valence-corrected chi connectivity index (χ3v) is 3.00. The van der Waals surface area contributed by atoms with E-state index < -0.39 is 0 Å². The molecule has 0 aliphatic carbocycles. The molecule has 0 saturated carbocycles. The maximum absolute atomic E-state index is 10.7. The zero-order valence-corrected chi connectivity index (χ0v) is 10.7. The number of aldehydes is 1. The summed E-state index contributed by atoms with van der Waals surface area (Å²) in [5.74, 6) is 0. The topological polar surface area (TPSA) is 30.0 Å². The van der Waals surface area contributed by atoms with E-state index in [2.05, 4.69) is 4.98 Å². The van der Waals surface area contributed by atoms with Crippen LogP contribution < -0.4 is 0 Å². The van der Waals surface area contributed by atoms with Crippen LogP contribution in [0.3, 0.4) is 0 Å². The van der Waals surface area contributed by atoms with E-state index in [1.54, 1.807) is 24.3 Å². The van der Waals surface area contributed by atoms with Gasteiger partial charge in [0.25, 0.3) is 0 Å². The van der Waals surface area contributed by atoms with Gasteiger partial charge in [0, 0.05) is 22.3 Å². The first-order chi connectivity index (χ1) is 8.11. The molecule has 86 valence electrons. The molecule has 1 aromatic carbocycles. The van der Waals surface area contributed by atoms with Crippen LogP contribution in [0.5, 0.6) is 0 Å². The smallest absolute Gasteiger partial charge is 0.150 e. The Kier molecular flexibility index (Phi) is 3.67.